The van der Waals surface area contributed by atoms with Gasteiger partial charge in [0.15, 0.2) is 0 Å². The minimum absolute atomic E-state index is 0.156. The molecule has 0 bridgehead atoms. The molecule has 0 unspecified atom stereocenters. The summed E-state index contributed by atoms with van der Waals surface area (Å²) in [6.07, 6.45) is 7.65. The molecule has 0 spiro atoms. The van der Waals surface area contributed by atoms with Gasteiger partial charge < -0.3 is 31.2 Å². The van der Waals surface area contributed by atoms with E-state index in [0.29, 0.717) is 26.3 Å². The lowest BCUT2D eigenvalue weighted by atomic mass is 9.72. The molecule has 0 fully saturated rings. The van der Waals surface area contributed by atoms with Gasteiger partial charge >= 0.3 is 0 Å². The highest BCUT2D eigenvalue weighted by Gasteiger charge is 2.28. The van der Waals surface area contributed by atoms with Crippen molar-refractivity contribution in [1.82, 2.24) is 0 Å². The first-order chi connectivity index (χ1) is 11.2. The normalized spacial score (nSPS) is 12.0. The quantitative estimate of drug-likeness (QED) is 0.279. The van der Waals surface area contributed by atoms with Crippen LogP contribution >= 0.6 is 0 Å². The van der Waals surface area contributed by atoms with Gasteiger partial charge in [-0.1, -0.05) is 0 Å². The van der Waals surface area contributed by atoms with Gasteiger partial charge in [-0.3, -0.25) is 0 Å². The molecule has 140 valence electrons. The molecule has 6 N–H and O–H groups in total. The minimum Gasteiger partial charge on any atom is -0.396 e. The third-order valence-corrected chi connectivity index (χ3v) is 4.25. The van der Waals surface area contributed by atoms with E-state index in [1.165, 1.54) is 0 Å². The molecule has 0 aliphatic carbocycles. The second-order valence-corrected chi connectivity index (χ2v) is 6.16. The van der Waals surface area contributed by atoms with Crippen LogP contribution in [0.25, 0.3) is 0 Å². The summed E-state index contributed by atoms with van der Waals surface area (Å²) in [4.78, 5) is 0. The Labute approximate surface area is 141 Å². The average Bonchev–Trinajstić information content (AvgIpc) is 2.57. The molecule has 0 saturated carbocycles. The van der Waals surface area contributed by atoms with Crippen molar-refractivity contribution in [3.8, 4) is 0 Å². The summed E-state index contributed by atoms with van der Waals surface area (Å²) in [6, 6.07) is 0. The minimum atomic E-state index is 0.156. The number of nitrogens with two attached hydrogens (primary N) is 2. The molecular formula is C17H38N2O4. The smallest absolute Gasteiger partial charge is 0.0588 e. The predicted molar refractivity (Wildman–Crippen MR) is 93.3 cm³/mol. The Morgan fingerprint density at radius 3 is 1.35 bits per heavy atom. The summed E-state index contributed by atoms with van der Waals surface area (Å²) in [6.45, 7) is 4.20. The molecule has 0 aromatic heterocycles. The molecule has 6 nitrogen and oxygen atoms in total. The van der Waals surface area contributed by atoms with Gasteiger partial charge in [-0.05, 0) is 56.8 Å². The van der Waals surface area contributed by atoms with E-state index in [4.69, 9.17) is 20.9 Å². The maximum Gasteiger partial charge on any atom is 0.0588 e. The first kappa shape index (κ1) is 22.8. The van der Waals surface area contributed by atoms with Crippen LogP contribution in [0.15, 0.2) is 0 Å². The summed E-state index contributed by atoms with van der Waals surface area (Å²) in [5, 5.41) is 18.4. The Hall–Kier alpha value is -0.240. The monoisotopic (exact) mass is 334 g/mol. The van der Waals surface area contributed by atoms with Gasteiger partial charge in [-0.2, -0.15) is 0 Å². The van der Waals surface area contributed by atoms with Crippen LogP contribution < -0.4 is 11.5 Å². The van der Waals surface area contributed by atoms with Crippen molar-refractivity contribution in [2.45, 2.75) is 51.4 Å². The van der Waals surface area contributed by atoms with Crippen molar-refractivity contribution in [2.24, 2.45) is 16.9 Å². The van der Waals surface area contributed by atoms with Crippen molar-refractivity contribution in [1.29, 1.82) is 0 Å². The molecule has 0 heterocycles. The lowest BCUT2D eigenvalue weighted by Gasteiger charge is -2.34. The Morgan fingerprint density at radius 2 is 1.00 bits per heavy atom. The number of aliphatic hydroxyl groups excluding tert-OH is 2. The number of hydrogen-bond acceptors (Lipinski definition) is 6. The summed E-state index contributed by atoms with van der Waals surface area (Å²) >= 11 is 0. The predicted octanol–water partition coefficient (Wildman–Crippen LogP) is 1.03. The van der Waals surface area contributed by atoms with E-state index in [-0.39, 0.29) is 18.6 Å². The maximum atomic E-state index is 9.21. The van der Waals surface area contributed by atoms with Crippen LogP contribution in [0.4, 0.5) is 0 Å². The van der Waals surface area contributed by atoms with Crippen molar-refractivity contribution >= 4 is 0 Å². The van der Waals surface area contributed by atoms with Crippen molar-refractivity contribution in [3.63, 3.8) is 0 Å². The zero-order valence-electron chi connectivity index (χ0n) is 14.7. The molecule has 23 heavy (non-hydrogen) atoms. The zero-order valence-corrected chi connectivity index (χ0v) is 14.7. The zero-order chi connectivity index (χ0) is 17.2. The molecule has 0 aromatic rings. The number of aliphatic hydroxyl groups is 2. The van der Waals surface area contributed by atoms with E-state index in [1.54, 1.807) is 0 Å². The van der Waals surface area contributed by atoms with Gasteiger partial charge in [0.1, 0.15) is 0 Å². The summed E-state index contributed by atoms with van der Waals surface area (Å²) in [5.74, 6) is 0. The maximum absolute atomic E-state index is 9.21. The van der Waals surface area contributed by atoms with Crippen molar-refractivity contribution in [2.75, 3.05) is 52.7 Å². The van der Waals surface area contributed by atoms with Crippen LogP contribution in [0, 0.1) is 5.41 Å². The molecular weight excluding hydrogens is 296 g/mol. The second kappa shape index (κ2) is 16.6. The van der Waals surface area contributed by atoms with Crippen LogP contribution in [-0.2, 0) is 9.47 Å². The molecule has 0 atom stereocenters. The van der Waals surface area contributed by atoms with E-state index in [2.05, 4.69) is 0 Å². The van der Waals surface area contributed by atoms with Crippen molar-refractivity contribution < 1.29 is 19.7 Å². The largest absolute Gasteiger partial charge is 0.396 e. The number of ether oxygens (including phenoxy) is 2. The number of rotatable bonds is 18. The first-order valence-corrected chi connectivity index (χ1v) is 9.02. The van der Waals surface area contributed by atoms with Gasteiger partial charge in [-0.25, -0.2) is 0 Å². The molecule has 0 radical (unpaired) electrons. The van der Waals surface area contributed by atoms with Gasteiger partial charge in [0, 0.05) is 39.5 Å². The fourth-order valence-corrected chi connectivity index (χ4v) is 3.13. The second-order valence-electron chi connectivity index (χ2n) is 6.16. The lowest BCUT2D eigenvalue weighted by molar-refractivity contribution is 0.0863. The fourth-order valence-electron chi connectivity index (χ4n) is 3.13. The van der Waals surface area contributed by atoms with Crippen LogP contribution in [0.2, 0.25) is 0 Å². The summed E-state index contributed by atoms with van der Waals surface area (Å²) in [5.41, 5.74) is 11.0. The molecule has 0 amide bonds. The van der Waals surface area contributed by atoms with E-state index >= 15 is 0 Å². The van der Waals surface area contributed by atoms with Gasteiger partial charge in [-0.15, -0.1) is 0 Å². The molecule has 0 aliphatic heterocycles. The van der Waals surface area contributed by atoms with E-state index < -0.39 is 0 Å². The average molecular weight is 335 g/mol. The van der Waals surface area contributed by atoms with E-state index in [0.717, 1.165) is 64.6 Å². The van der Waals surface area contributed by atoms with Gasteiger partial charge in [0.2, 0.25) is 0 Å². The fraction of sp³-hybridized carbons (Fsp3) is 1.00. The molecule has 6 heteroatoms. The van der Waals surface area contributed by atoms with Crippen LogP contribution in [0.1, 0.15) is 51.4 Å². The first-order valence-electron chi connectivity index (χ1n) is 9.02. The van der Waals surface area contributed by atoms with Crippen molar-refractivity contribution in [3.05, 3.63) is 0 Å². The highest BCUT2D eigenvalue weighted by Crippen LogP contribution is 2.39. The summed E-state index contributed by atoms with van der Waals surface area (Å²) in [7, 11) is 0. The van der Waals surface area contributed by atoms with E-state index in [9.17, 15) is 10.2 Å². The van der Waals surface area contributed by atoms with Crippen LogP contribution in [0.3, 0.4) is 0 Å². The Morgan fingerprint density at radius 1 is 0.609 bits per heavy atom. The Bertz CT molecular complexity index is 219. The third-order valence-electron chi connectivity index (χ3n) is 4.25. The standard InChI is InChI=1S/C17H38N2O4/c18-9-15-22-13-3-7-17(5-1-11-20,6-2-12-21)8-4-14-23-16-10-19/h20-21H,1-16,18-19H2. The summed E-state index contributed by atoms with van der Waals surface area (Å²) < 4.78 is 11.0. The van der Waals surface area contributed by atoms with Gasteiger partial charge in [0.25, 0.3) is 0 Å². The highest BCUT2D eigenvalue weighted by molar-refractivity contribution is 4.80. The lowest BCUT2D eigenvalue weighted by Crippen LogP contribution is -2.24. The topological polar surface area (TPSA) is 111 Å². The molecule has 0 rings (SSSR count). The molecule has 0 aromatic carbocycles. The third kappa shape index (κ3) is 12.8. The van der Waals surface area contributed by atoms with Gasteiger partial charge in [0.05, 0.1) is 13.2 Å². The van der Waals surface area contributed by atoms with Crippen LogP contribution in [0.5, 0.6) is 0 Å². The Kier molecular flexibility index (Phi) is 16.4. The van der Waals surface area contributed by atoms with Crippen LogP contribution in [-0.4, -0.2) is 62.9 Å². The highest BCUT2D eigenvalue weighted by atomic mass is 16.5. The molecule has 0 aliphatic rings. The Balaban J connectivity index is 4.40. The SMILES string of the molecule is NCCOCCCC(CCCO)(CCCO)CCCOCCN. The van der Waals surface area contributed by atoms with E-state index in [1.807, 2.05) is 0 Å². The number of hydrogen-bond donors (Lipinski definition) is 4. The molecule has 0 saturated heterocycles.